The van der Waals surface area contributed by atoms with E-state index in [0.717, 1.165) is 16.8 Å². The molecule has 1 aliphatic heterocycles. The number of hydrogen-bond donors (Lipinski definition) is 2. The van der Waals surface area contributed by atoms with Crippen molar-refractivity contribution in [3.63, 3.8) is 0 Å². The van der Waals surface area contributed by atoms with Gasteiger partial charge < -0.3 is 10.6 Å². The molecule has 1 aliphatic carbocycles. The van der Waals surface area contributed by atoms with Gasteiger partial charge in [-0.05, 0) is 43.9 Å². The molecule has 0 aromatic heterocycles. The predicted octanol–water partition coefficient (Wildman–Crippen LogP) is 1.18. The Balaban J connectivity index is 1.54. The highest BCUT2D eigenvalue weighted by atomic mass is 32.2. The topological polar surface area (TPSA) is 92.3 Å². The average Bonchev–Trinajstić information content (AvgIpc) is 3.23. The molecule has 1 heterocycles. The maximum Gasteiger partial charge on any atom is 0.228 e. The van der Waals surface area contributed by atoms with E-state index < -0.39 is 9.84 Å². The molecule has 130 valence electrons. The summed E-state index contributed by atoms with van der Waals surface area (Å²) < 4.78 is 22.9. The maximum atomic E-state index is 12.3. The van der Waals surface area contributed by atoms with Crippen LogP contribution in [0.15, 0.2) is 18.2 Å². The first kappa shape index (κ1) is 17.0. The van der Waals surface area contributed by atoms with Crippen LogP contribution in [0.4, 0.5) is 5.69 Å². The minimum absolute atomic E-state index is 0.00477. The number of rotatable bonds is 4. The fourth-order valence-corrected chi connectivity index (χ4v) is 4.76. The van der Waals surface area contributed by atoms with Gasteiger partial charge in [0.1, 0.15) is 0 Å². The summed E-state index contributed by atoms with van der Waals surface area (Å²) in [6.07, 6.45) is 0.974. The minimum Gasteiger partial charge on any atom is -0.352 e. The molecule has 0 radical (unpaired) electrons. The van der Waals surface area contributed by atoms with Crippen molar-refractivity contribution in [1.29, 1.82) is 0 Å². The molecule has 2 N–H and O–H groups in total. The molecule has 1 saturated carbocycles. The zero-order valence-electron chi connectivity index (χ0n) is 13.8. The van der Waals surface area contributed by atoms with Crippen molar-refractivity contribution in [2.24, 2.45) is 11.8 Å². The highest BCUT2D eigenvalue weighted by Crippen LogP contribution is 2.40. The predicted molar refractivity (Wildman–Crippen MR) is 91.3 cm³/mol. The maximum absolute atomic E-state index is 12.3. The van der Waals surface area contributed by atoms with Crippen LogP contribution in [-0.4, -0.2) is 37.8 Å². The average molecular weight is 350 g/mol. The summed E-state index contributed by atoms with van der Waals surface area (Å²) in [6.45, 7) is 3.88. The molecule has 3 unspecified atom stereocenters. The highest BCUT2D eigenvalue weighted by molar-refractivity contribution is 7.91. The SMILES string of the molecule is Cc1ccc(C)c(NC(=O)C2CC2C(=O)NC2CCS(=O)(=O)C2)c1. The first-order chi connectivity index (χ1) is 11.2. The molecule has 3 atom stereocenters. The van der Waals surface area contributed by atoms with Crippen molar-refractivity contribution in [2.75, 3.05) is 16.8 Å². The number of nitrogens with one attached hydrogen (secondary N) is 2. The second kappa shape index (κ2) is 6.20. The lowest BCUT2D eigenvalue weighted by atomic mass is 10.1. The molecular weight excluding hydrogens is 328 g/mol. The molecule has 24 heavy (non-hydrogen) atoms. The molecule has 1 aromatic rings. The van der Waals surface area contributed by atoms with Crippen molar-refractivity contribution in [3.8, 4) is 0 Å². The summed E-state index contributed by atoms with van der Waals surface area (Å²) >= 11 is 0. The van der Waals surface area contributed by atoms with Crippen LogP contribution in [-0.2, 0) is 19.4 Å². The van der Waals surface area contributed by atoms with E-state index in [1.807, 2.05) is 32.0 Å². The van der Waals surface area contributed by atoms with E-state index in [2.05, 4.69) is 10.6 Å². The third-order valence-corrected chi connectivity index (χ3v) is 6.46. The molecule has 6 nitrogen and oxygen atoms in total. The fraction of sp³-hybridized carbons (Fsp3) is 0.529. The van der Waals surface area contributed by atoms with E-state index >= 15 is 0 Å². The zero-order chi connectivity index (χ0) is 17.5. The van der Waals surface area contributed by atoms with Crippen LogP contribution >= 0.6 is 0 Å². The Kier molecular flexibility index (Phi) is 4.38. The van der Waals surface area contributed by atoms with E-state index in [1.54, 1.807) is 0 Å². The smallest absolute Gasteiger partial charge is 0.228 e. The second-order valence-electron chi connectivity index (χ2n) is 6.86. The minimum atomic E-state index is -3.02. The molecule has 0 spiro atoms. The van der Waals surface area contributed by atoms with Gasteiger partial charge >= 0.3 is 0 Å². The summed E-state index contributed by atoms with van der Waals surface area (Å²) in [5, 5.41) is 5.66. The molecule has 1 aromatic carbocycles. The molecule has 2 aliphatic rings. The van der Waals surface area contributed by atoms with Gasteiger partial charge in [0.15, 0.2) is 9.84 Å². The van der Waals surface area contributed by atoms with Gasteiger partial charge in [0.05, 0.1) is 23.3 Å². The van der Waals surface area contributed by atoms with Crippen molar-refractivity contribution in [3.05, 3.63) is 29.3 Å². The Labute approximate surface area is 141 Å². The summed E-state index contributed by atoms with van der Waals surface area (Å²) in [6, 6.07) is 5.52. The monoisotopic (exact) mass is 350 g/mol. The summed E-state index contributed by atoms with van der Waals surface area (Å²) in [4.78, 5) is 24.5. The number of aryl methyl sites for hydroxylation is 2. The van der Waals surface area contributed by atoms with E-state index in [-0.39, 0.29) is 41.2 Å². The van der Waals surface area contributed by atoms with Crippen LogP contribution in [0, 0.1) is 25.7 Å². The Morgan fingerprint density at radius 3 is 2.50 bits per heavy atom. The number of carbonyl (C=O) groups is 2. The van der Waals surface area contributed by atoms with E-state index in [0.29, 0.717) is 12.8 Å². The molecule has 1 saturated heterocycles. The number of hydrogen-bond acceptors (Lipinski definition) is 4. The third-order valence-electron chi connectivity index (χ3n) is 4.69. The summed E-state index contributed by atoms with van der Waals surface area (Å²) in [5.74, 6) is -0.910. The van der Waals surface area contributed by atoms with Crippen LogP contribution in [0.5, 0.6) is 0 Å². The lowest BCUT2D eigenvalue weighted by Crippen LogP contribution is -2.37. The Morgan fingerprint density at radius 1 is 1.12 bits per heavy atom. The largest absolute Gasteiger partial charge is 0.352 e. The molecule has 2 fully saturated rings. The number of amides is 2. The standard InChI is InChI=1S/C17H22N2O4S/c1-10-3-4-11(2)15(7-10)19-17(21)14-8-13(14)16(20)18-12-5-6-24(22,23)9-12/h3-4,7,12-14H,5-6,8-9H2,1-2H3,(H,18,20)(H,19,21). The van der Waals surface area contributed by atoms with Gasteiger partial charge in [-0.1, -0.05) is 12.1 Å². The highest BCUT2D eigenvalue weighted by Gasteiger charge is 2.48. The second-order valence-corrected chi connectivity index (χ2v) is 9.09. The molecular formula is C17H22N2O4S. The van der Waals surface area contributed by atoms with Gasteiger partial charge in [0.25, 0.3) is 0 Å². The van der Waals surface area contributed by atoms with E-state index in [4.69, 9.17) is 0 Å². The zero-order valence-corrected chi connectivity index (χ0v) is 14.7. The molecule has 3 rings (SSSR count). The fourth-order valence-electron chi connectivity index (χ4n) is 3.09. The van der Waals surface area contributed by atoms with Crippen molar-refractivity contribution in [2.45, 2.75) is 32.7 Å². The van der Waals surface area contributed by atoms with Crippen LogP contribution in [0.25, 0.3) is 0 Å². The first-order valence-electron chi connectivity index (χ1n) is 8.14. The summed E-state index contributed by atoms with van der Waals surface area (Å²) in [5.41, 5.74) is 2.81. The quantitative estimate of drug-likeness (QED) is 0.853. The Hall–Kier alpha value is -1.89. The normalized spacial score (nSPS) is 27.5. The van der Waals surface area contributed by atoms with Gasteiger partial charge in [-0.15, -0.1) is 0 Å². The van der Waals surface area contributed by atoms with Crippen LogP contribution in [0.2, 0.25) is 0 Å². The number of anilines is 1. The number of carbonyl (C=O) groups excluding carboxylic acids is 2. The first-order valence-corrected chi connectivity index (χ1v) is 9.96. The molecule has 7 heteroatoms. The van der Waals surface area contributed by atoms with Crippen LogP contribution in [0.1, 0.15) is 24.0 Å². The van der Waals surface area contributed by atoms with E-state index in [9.17, 15) is 18.0 Å². The molecule has 2 amide bonds. The summed E-state index contributed by atoms with van der Waals surface area (Å²) in [7, 11) is -3.02. The van der Waals surface area contributed by atoms with Crippen molar-refractivity contribution >= 4 is 27.3 Å². The number of sulfone groups is 1. The van der Waals surface area contributed by atoms with E-state index in [1.165, 1.54) is 0 Å². The Morgan fingerprint density at radius 2 is 1.83 bits per heavy atom. The van der Waals surface area contributed by atoms with Gasteiger partial charge in [-0.25, -0.2) is 8.42 Å². The van der Waals surface area contributed by atoms with Gasteiger partial charge in [0.2, 0.25) is 11.8 Å². The van der Waals surface area contributed by atoms with Gasteiger partial charge in [0, 0.05) is 11.7 Å². The lowest BCUT2D eigenvalue weighted by Gasteiger charge is -2.11. The third kappa shape index (κ3) is 3.77. The van der Waals surface area contributed by atoms with Crippen molar-refractivity contribution < 1.29 is 18.0 Å². The number of benzene rings is 1. The lowest BCUT2D eigenvalue weighted by molar-refractivity contribution is -0.125. The Bertz CT molecular complexity index is 788. The van der Waals surface area contributed by atoms with Crippen molar-refractivity contribution in [1.82, 2.24) is 5.32 Å². The molecule has 0 bridgehead atoms. The van der Waals surface area contributed by atoms with Crippen LogP contribution < -0.4 is 10.6 Å². The van der Waals surface area contributed by atoms with Gasteiger partial charge in [-0.3, -0.25) is 9.59 Å². The van der Waals surface area contributed by atoms with Crippen LogP contribution in [0.3, 0.4) is 0 Å². The van der Waals surface area contributed by atoms with Gasteiger partial charge in [-0.2, -0.15) is 0 Å².